The Kier molecular flexibility index (Phi) is 6.35. The van der Waals surface area contributed by atoms with Gasteiger partial charge in [-0.1, -0.05) is 48.2 Å². The molecule has 0 fully saturated rings. The summed E-state index contributed by atoms with van der Waals surface area (Å²) in [6, 6.07) is 9.31. The van der Waals surface area contributed by atoms with E-state index in [0.717, 1.165) is 17.3 Å². The fourth-order valence-electron chi connectivity index (χ4n) is 1.80. The molecular formula is C17H21N5O2S. The zero-order valence-corrected chi connectivity index (χ0v) is 15.2. The van der Waals surface area contributed by atoms with Crippen molar-refractivity contribution in [2.45, 2.75) is 31.5 Å². The topological polar surface area (TPSA) is 99.8 Å². The number of benzene rings is 1. The summed E-state index contributed by atoms with van der Waals surface area (Å²) in [6.45, 7) is 5.51. The van der Waals surface area contributed by atoms with E-state index in [9.17, 15) is 9.59 Å². The Bertz CT molecular complexity index is 750. The molecule has 25 heavy (non-hydrogen) atoms. The summed E-state index contributed by atoms with van der Waals surface area (Å²) >= 11 is 1.15. The number of nitrogens with one attached hydrogen (secondary N) is 3. The minimum Gasteiger partial charge on any atom is -0.333 e. The van der Waals surface area contributed by atoms with E-state index in [1.807, 2.05) is 63.3 Å². The molecule has 0 aliphatic rings. The predicted molar refractivity (Wildman–Crippen MR) is 98.9 cm³/mol. The number of H-pyrrole nitrogens is 1. The molecule has 1 heterocycles. The van der Waals surface area contributed by atoms with Crippen molar-refractivity contribution in [3.63, 3.8) is 0 Å². The van der Waals surface area contributed by atoms with E-state index in [1.165, 1.54) is 0 Å². The number of thioether (sulfide) groups is 1. The summed E-state index contributed by atoms with van der Waals surface area (Å²) in [7, 11) is 0. The summed E-state index contributed by atoms with van der Waals surface area (Å²) in [5.41, 5.74) is 0.652. The van der Waals surface area contributed by atoms with Crippen molar-refractivity contribution in [1.82, 2.24) is 25.8 Å². The largest absolute Gasteiger partial charge is 0.333 e. The molecule has 8 heteroatoms. The van der Waals surface area contributed by atoms with Crippen LogP contribution in [0.5, 0.6) is 0 Å². The average Bonchev–Trinajstić information content (AvgIpc) is 2.98. The lowest BCUT2D eigenvalue weighted by molar-refractivity contribution is -0.117. The number of urea groups is 1. The van der Waals surface area contributed by atoms with Crippen LogP contribution in [0.25, 0.3) is 12.2 Å². The molecule has 0 spiro atoms. The first kappa shape index (κ1) is 18.7. The third kappa shape index (κ3) is 7.21. The highest BCUT2D eigenvalue weighted by molar-refractivity contribution is 7.99. The molecular weight excluding hydrogens is 338 g/mol. The van der Waals surface area contributed by atoms with E-state index in [4.69, 9.17) is 0 Å². The van der Waals surface area contributed by atoms with Gasteiger partial charge in [0.1, 0.15) is 5.82 Å². The SMILES string of the molecule is CC(C)(C)NC(=O)NC(=O)CSc1n[nH]c(/C=C/c2ccccc2)n1. The second kappa shape index (κ2) is 8.48. The Labute approximate surface area is 150 Å². The van der Waals surface area contributed by atoms with Crippen LogP contribution < -0.4 is 10.6 Å². The van der Waals surface area contributed by atoms with Crippen LogP contribution in [0.1, 0.15) is 32.2 Å². The van der Waals surface area contributed by atoms with Gasteiger partial charge in [-0.15, -0.1) is 5.10 Å². The summed E-state index contributed by atoms with van der Waals surface area (Å²) in [5, 5.41) is 12.2. The molecule has 2 aromatic rings. The van der Waals surface area contributed by atoms with Crippen LogP contribution in [0.4, 0.5) is 4.79 Å². The molecule has 0 aliphatic carbocycles. The number of rotatable bonds is 5. The molecule has 1 aromatic heterocycles. The van der Waals surface area contributed by atoms with Crippen LogP contribution in [-0.2, 0) is 4.79 Å². The van der Waals surface area contributed by atoms with Crippen molar-refractivity contribution in [2.75, 3.05) is 5.75 Å². The normalized spacial score (nSPS) is 11.5. The molecule has 0 unspecified atom stereocenters. The van der Waals surface area contributed by atoms with E-state index in [1.54, 1.807) is 0 Å². The summed E-state index contributed by atoms with van der Waals surface area (Å²) < 4.78 is 0. The van der Waals surface area contributed by atoms with Crippen molar-refractivity contribution in [1.29, 1.82) is 0 Å². The first-order chi connectivity index (χ1) is 11.8. The number of hydrogen-bond donors (Lipinski definition) is 3. The summed E-state index contributed by atoms with van der Waals surface area (Å²) in [5.74, 6) is 0.243. The van der Waals surface area contributed by atoms with Gasteiger partial charge in [0.05, 0.1) is 5.75 Å². The highest BCUT2D eigenvalue weighted by Gasteiger charge is 2.16. The maximum absolute atomic E-state index is 11.8. The standard InChI is InChI=1S/C17H21N5O2S/c1-17(2,3)20-15(24)19-14(23)11-25-16-18-13(21-22-16)10-9-12-7-5-4-6-8-12/h4-10H,11H2,1-3H3,(H,18,21,22)(H2,19,20,23,24)/b10-9+. The molecule has 7 nitrogen and oxygen atoms in total. The van der Waals surface area contributed by atoms with Gasteiger partial charge in [-0.25, -0.2) is 9.78 Å². The number of amides is 3. The maximum Gasteiger partial charge on any atom is 0.321 e. The van der Waals surface area contributed by atoms with E-state index < -0.39 is 17.5 Å². The van der Waals surface area contributed by atoms with Crippen molar-refractivity contribution >= 4 is 35.9 Å². The molecule has 1 aromatic carbocycles. The molecule has 3 N–H and O–H groups in total. The summed E-state index contributed by atoms with van der Waals surface area (Å²) in [4.78, 5) is 27.6. The molecule has 132 valence electrons. The Morgan fingerprint density at radius 2 is 1.92 bits per heavy atom. The van der Waals surface area contributed by atoms with Crippen LogP contribution in [0.2, 0.25) is 0 Å². The number of carbonyl (C=O) groups excluding carboxylic acids is 2. The molecule has 0 radical (unpaired) electrons. The van der Waals surface area contributed by atoms with Gasteiger partial charge in [0.25, 0.3) is 0 Å². The number of aromatic nitrogens is 3. The minimum atomic E-state index is -0.514. The van der Waals surface area contributed by atoms with Crippen LogP contribution >= 0.6 is 11.8 Å². The monoisotopic (exact) mass is 359 g/mol. The lowest BCUT2D eigenvalue weighted by Gasteiger charge is -2.20. The lowest BCUT2D eigenvalue weighted by atomic mass is 10.1. The smallest absolute Gasteiger partial charge is 0.321 e. The zero-order valence-electron chi connectivity index (χ0n) is 14.4. The van der Waals surface area contributed by atoms with E-state index >= 15 is 0 Å². The molecule has 0 bridgehead atoms. The van der Waals surface area contributed by atoms with Crippen LogP contribution in [-0.4, -0.2) is 38.4 Å². The van der Waals surface area contributed by atoms with Gasteiger partial charge >= 0.3 is 6.03 Å². The van der Waals surface area contributed by atoms with Crippen LogP contribution in [0.3, 0.4) is 0 Å². The Morgan fingerprint density at radius 3 is 2.60 bits per heavy atom. The van der Waals surface area contributed by atoms with Crippen LogP contribution in [0.15, 0.2) is 35.5 Å². The summed E-state index contributed by atoms with van der Waals surface area (Å²) in [6.07, 6.45) is 3.72. The van der Waals surface area contributed by atoms with Crippen molar-refractivity contribution in [3.05, 3.63) is 41.7 Å². The third-order valence-corrected chi connectivity index (χ3v) is 3.64. The fraction of sp³-hybridized carbons (Fsp3) is 0.294. The molecule has 0 saturated heterocycles. The van der Waals surface area contributed by atoms with Crippen molar-refractivity contribution < 1.29 is 9.59 Å². The maximum atomic E-state index is 11.8. The van der Waals surface area contributed by atoms with Crippen molar-refractivity contribution in [3.8, 4) is 0 Å². The highest BCUT2D eigenvalue weighted by atomic mass is 32.2. The number of hydrogen-bond acceptors (Lipinski definition) is 5. The van der Waals surface area contributed by atoms with Crippen LogP contribution in [0, 0.1) is 0 Å². The molecule has 0 saturated carbocycles. The zero-order chi connectivity index (χ0) is 18.3. The Balaban J connectivity index is 1.80. The van der Waals surface area contributed by atoms with Gasteiger partial charge < -0.3 is 5.32 Å². The van der Waals surface area contributed by atoms with Gasteiger partial charge in [-0.2, -0.15) is 0 Å². The lowest BCUT2D eigenvalue weighted by Crippen LogP contribution is -2.48. The van der Waals surface area contributed by atoms with Crippen molar-refractivity contribution in [2.24, 2.45) is 0 Å². The predicted octanol–water partition coefficient (Wildman–Crippen LogP) is 2.69. The van der Waals surface area contributed by atoms with Gasteiger partial charge in [-0.05, 0) is 32.4 Å². The minimum absolute atomic E-state index is 0.0528. The Morgan fingerprint density at radius 1 is 1.20 bits per heavy atom. The molecule has 3 amide bonds. The second-order valence-corrected chi connectivity index (χ2v) is 7.23. The number of carbonyl (C=O) groups is 2. The van der Waals surface area contributed by atoms with Gasteiger partial charge in [-0.3, -0.25) is 15.2 Å². The quantitative estimate of drug-likeness (QED) is 0.713. The number of nitrogens with zero attached hydrogens (tertiary/aromatic N) is 2. The average molecular weight is 359 g/mol. The second-order valence-electron chi connectivity index (χ2n) is 6.29. The molecule has 2 rings (SSSR count). The van der Waals surface area contributed by atoms with Gasteiger partial charge in [0, 0.05) is 5.54 Å². The van der Waals surface area contributed by atoms with Gasteiger partial charge in [0.15, 0.2) is 0 Å². The Hall–Kier alpha value is -2.61. The third-order valence-electron chi connectivity index (χ3n) is 2.79. The number of aromatic amines is 1. The first-order valence-electron chi connectivity index (χ1n) is 7.72. The molecule has 0 atom stereocenters. The van der Waals surface area contributed by atoms with E-state index in [-0.39, 0.29) is 5.75 Å². The number of imide groups is 1. The van der Waals surface area contributed by atoms with E-state index in [2.05, 4.69) is 25.8 Å². The van der Waals surface area contributed by atoms with Gasteiger partial charge in [0.2, 0.25) is 11.1 Å². The van der Waals surface area contributed by atoms with E-state index in [0.29, 0.717) is 11.0 Å². The highest BCUT2D eigenvalue weighted by Crippen LogP contribution is 2.13. The molecule has 0 aliphatic heterocycles. The fourth-order valence-corrected chi connectivity index (χ4v) is 2.41. The first-order valence-corrected chi connectivity index (χ1v) is 8.71.